The van der Waals surface area contributed by atoms with Crippen LogP contribution in [0.1, 0.15) is 16.8 Å². The lowest BCUT2D eigenvalue weighted by Crippen LogP contribution is -2.30. The van der Waals surface area contributed by atoms with E-state index in [4.69, 9.17) is 0 Å². The molecule has 0 fully saturated rings. The molecule has 0 spiro atoms. The van der Waals surface area contributed by atoms with Crippen LogP contribution in [0.15, 0.2) is 12.1 Å². The average Bonchev–Trinajstić information content (AvgIpc) is 2.45. The first-order valence-corrected chi connectivity index (χ1v) is 5.73. The molecule has 0 heterocycles. The number of carbonyl (C=O) groups is 2. The van der Waals surface area contributed by atoms with E-state index in [2.05, 4.69) is 4.74 Å². The number of hydrogen-bond donors (Lipinski definition) is 0. The zero-order valence-electron chi connectivity index (χ0n) is 11.3. The largest absolute Gasteiger partial charge is 0.469 e. The summed E-state index contributed by atoms with van der Waals surface area (Å²) in [6, 6.07) is 0.807. The van der Waals surface area contributed by atoms with Crippen molar-refractivity contribution in [1.82, 2.24) is 4.90 Å². The molecule has 0 aliphatic carbocycles. The van der Waals surface area contributed by atoms with Crippen LogP contribution in [0, 0.1) is 21.7 Å². The minimum absolute atomic E-state index is 0.0659. The first-order chi connectivity index (χ1) is 9.77. The van der Waals surface area contributed by atoms with Crippen molar-refractivity contribution in [1.29, 1.82) is 0 Å². The lowest BCUT2D eigenvalue weighted by atomic mass is 10.1. The highest BCUT2D eigenvalue weighted by atomic mass is 19.1. The van der Waals surface area contributed by atoms with E-state index in [0.717, 1.165) is 4.90 Å². The summed E-state index contributed by atoms with van der Waals surface area (Å²) in [4.78, 5) is 33.2. The molecule has 1 aromatic carbocycles. The minimum atomic E-state index is -1.31. The predicted molar refractivity (Wildman–Crippen MR) is 66.6 cm³/mol. The second kappa shape index (κ2) is 6.73. The molecule has 1 amide bonds. The fraction of sp³-hybridized carbons (Fsp3) is 0.333. The second-order valence-corrected chi connectivity index (χ2v) is 4.09. The van der Waals surface area contributed by atoms with Gasteiger partial charge in [0.1, 0.15) is 5.82 Å². The molecule has 0 unspecified atom stereocenters. The molecule has 21 heavy (non-hydrogen) atoms. The molecular weight excluding hydrogens is 290 g/mol. The molecule has 1 aromatic rings. The molecule has 0 bridgehead atoms. The molecule has 0 saturated heterocycles. The molecule has 0 aromatic heterocycles. The Morgan fingerprint density at radius 3 is 2.48 bits per heavy atom. The summed E-state index contributed by atoms with van der Waals surface area (Å²) in [7, 11) is 2.46. The van der Waals surface area contributed by atoms with Gasteiger partial charge in [0.25, 0.3) is 5.91 Å². The van der Waals surface area contributed by atoms with Crippen molar-refractivity contribution >= 4 is 17.6 Å². The number of methoxy groups -OCH3 is 1. The number of ether oxygens (including phenoxy) is 1. The van der Waals surface area contributed by atoms with Gasteiger partial charge < -0.3 is 9.64 Å². The van der Waals surface area contributed by atoms with Crippen LogP contribution in [0.5, 0.6) is 0 Å². The molecule has 114 valence electrons. The zero-order valence-corrected chi connectivity index (χ0v) is 11.3. The van der Waals surface area contributed by atoms with Gasteiger partial charge in [-0.3, -0.25) is 19.7 Å². The third-order valence-electron chi connectivity index (χ3n) is 2.69. The number of rotatable bonds is 5. The Hall–Kier alpha value is -2.58. The van der Waals surface area contributed by atoms with Gasteiger partial charge >= 0.3 is 11.7 Å². The van der Waals surface area contributed by atoms with Gasteiger partial charge in [-0.2, -0.15) is 4.39 Å². The van der Waals surface area contributed by atoms with Crippen LogP contribution in [0.4, 0.5) is 14.5 Å². The highest BCUT2D eigenvalue weighted by Crippen LogP contribution is 2.22. The number of carbonyl (C=O) groups excluding carboxylic acids is 2. The van der Waals surface area contributed by atoms with E-state index in [1.165, 1.54) is 14.2 Å². The van der Waals surface area contributed by atoms with Gasteiger partial charge in [-0.25, -0.2) is 4.39 Å². The second-order valence-electron chi connectivity index (χ2n) is 4.09. The summed E-state index contributed by atoms with van der Waals surface area (Å²) in [5, 5.41) is 10.5. The maximum Gasteiger partial charge on any atom is 0.307 e. The fourth-order valence-corrected chi connectivity index (χ4v) is 1.51. The lowest BCUT2D eigenvalue weighted by Gasteiger charge is -2.16. The maximum absolute atomic E-state index is 13.7. The topological polar surface area (TPSA) is 89.8 Å². The van der Waals surface area contributed by atoms with Gasteiger partial charge in [-0.15, -0.1) is 0 Å². The van der Waals surface area contributed by atoms with Crippen LogP contribution in [0.3, 0.4) is 0 Å². The first-order valence-electron chi connectivity index (χ1n) is 5.73. The minimum Gasteiger partial charge on any atom is -0.469 e. The van der Waals surface area contributed by atoms with Crippen molar-refractivity contribution in [2.24, 2.45) is 0 Å². The van der Waals surface area contributed by atoms with E-state index in [1.807, 2.05) is 0 Å². The SMILES string of the molecule is COC(=O)CCN(C)C(=O)c1cc(F)c([N+](=O)[O-])cc1F. The summed E-state index contributed by atoms with van der Waals surface area (Å²) in [6.07, 6.45) is -0.115. The van der Waals surface area contributed by atoms with Gasteiger partial charge in [0.2, 0.25) is 5.82 Å². The highest BCUT2D eigenvalue weighted by molar-refractivity contribution is 5.94. The zero-order chi connectivity index (χ0) is 16.2. The number of nitro groups is 1. The van der Waals surface area contributed by atoms with Gasteiger partial charge in [0.15, 0.2) is 0 Å². The van der Waals surface area contributed by atoms with Gasteiger partial charge in [0, 0.05) is 13.6 Å². The summed E-state index contributed by atoms with van der Waals surface area (Å²) >= 11 is 0. The molecule has 0 aliphatic rings. The number of hydrogen-bond acceptors (Lipinski definition) is 5. The van der Waals surface area contributed by atoms with Crippen molar-refractivity contribution in [3.8, 4) is 0 Å². The number of esters is 1. The Kier molecular flexibility index (Phi) is 5.28. The van der Waals surface area contributed by atoms with E-state index in [9.17, 15) is 28.5 Å². The van der Waals surface area contributed by atoms with Crippen LogP contribution in [0.25, 0.3) is 0 Å². The molecule has 0 N–H and O–H groups in total. The number of benzene rings is 1. The molecule has 0 radical (unpaired) electrons. The molecule has 0 aliphatic heterocycles. The third kappa shape index (κ3) is 3.94. The standard InChI is InChI=1S/C12H12F2N2O5/c1-15(4-3-11(17)21-2)12(18)7-5-9(14)10(16(19)20)6-8(7)13/h5-6H,3-4H2,1-2H3. The molecule has 0 saturated carbocycles. The van der Waals surface area contributed by atoms with Crippen LogP contribution >= 0.6 is 0 Å². The summed E-state index contributed by atoms with van der Waals surface area (Å²) in [6.45, 7) is -0.0659. The summed E-state index contributed by atoms with van der Waals surface area (Å²) in [5.41, 5.74) is -1.70. The highest BCUT2D eigenvalue weighted by Gasteiger charge is 2.24. The number of nitro benzene ring substituents is 1. The van der Waals surface area contributed by atoms with Crippen molar-refractivity contribution in [2.75, 3.05) is 20.7 Å². The number of amides is 1. The van der Waals surface area contributed by atoms with Gasteiger partial charge in [-0.1, -0.05) is 0 Å². The number of halogens is 2. The molecule has 1 rings (SSSR count). The van der Waals surface area contributed by atoms with E-state index < -0.39 is 39.7 Å². The summed E-state index contributed by atoms with van der Waals surface area (Å²) < 4.78 is 31.5. The fourth-order valence-electron chi connectivity index (χ4n) is 1.51. The van der Waals surface area contributed by atoms with Crippen LogP contribution in [0.2, 0.25) is 0 Å². The quantitative estimate of drug-likeness (QED) is 0.467. The van der Waals surface area contributed by atoms with E-state index in [1.54, 1.807) is 0 Å². The first kappa shape index (κ1) is 16.5. The summed E-state index contributed by atoms with van der Waals surface area (Å²) in [5.74, 6) is -3.99. The average molecular weight is 302 g/mol. The lowest BCUT2D eigenvalue weighted by molar-refractivity contribution is -0.387. The van der Waals surface area contributed by atoms with Crippen molar-refractivity contribution in [3.05, 3.63) is 39.4 Å². The van der Waals surface area contributed by atoms with E-state index in [-0.39, 0.29) is 13.0 Å². The molecule has 9 heteroatoms. The Balaban J connectivity index is 2.95. The monoisotopic (exact) mass is 302 g/mol. The van der Waals surface area contributed by atoms with Gasteiger partial charge in [0.05, 0.1) is 30.1 Å². The van der Waals surface area contributed by atoms with Gasteiger partial charge in [-0.05, 0) is 6.07 Å². The van der Waals surface area contributed by atoms with Crippen molar-refractivity contribution < 1.29 is 28.0 Å². The van der Waals surface area contributed by atoms with Crippen LogP contribution < -0.4 is 0 Å². The smallest absolute Gasteiger partial charge is 0.307 e. The Morgan fingerprint density at radius 1 is 1.33 bits per heavy atom. The van der Waals surface area contributed by atoms with E-state index in [0.29, 0.717) is 12.1 Å². The normalized spacial score (nSPS) is 10.1. The Morgan fingerprint density at radius 2 is 1.95 bits per heavy atom. The van der Waals surface area contributed by atoms with Crippen LogP contribution in [-0.4, -0.2) is 42.4 Å². The Labute approximate surface area is 118 Å². The molecule has 7 nitrogen and oxygen atoms in total. The van der Waals surface area contributed by atoms with Crippen LogP contribution in [-0.2, 0) is 9.53 Å². The number of nitrogens with zero attached hydrogens (tertiary/aromatic N) is 2. The van der Waals surface area contributed by atoms with Crippen molar-refractivity contribution in [3.63, 3.8) is 0 Å². The Bertz CT molecular complexity index is 591. The third-order valence-corrected chi connectivity index (χ3v) is 2.69. The van der Waals surface area contributed by atoms with E-state index >= 15 is 0 Å². The maximum atomic E-state index is 13.7. The molecular formula is C12H12F2N2O5. The predicted octanol–water partition coefficient (Wildman–Crippen LogP) is 1.51. The van der Waals surface area contributed by atoms with Crippen molar-refractivity contribution in [2.45, 2.75) is 6.42 Å². The molecule has 0 atom stereocenters.